The zero-order chi connectivity index (χ0) is 26.7. The second-order valence-corrected chi connectivity index (χ2v) is 8.86. The lowest BCUT2D eigenvalue weighted by Gasteiger charge is -2.14. The fourth-order valence-corrected chi connectivity index (χ4v) is 2.78. The molecule has 0 unspecified atom stereocenters. The summed E-state index contributed by atoms with van der Waals surface area (Å²) in [5.41, 5.74) is -0.864. The maximum atomic E-state index is 13.5. The summed E-state index contributed by atoms with van der Waals surface area (Å²) in [6, 6.07) is 2.71. The summed E-state index contributed by atoms with van der Waals surface area (Å²) in [6.45, 7) is 2.68. The van der Waals surface area contributed by atoms with E-state index in [1.165, 1.54) is 20.0 Å². The van der Waals surface area contributed by atoms with Crippen LogP contribution in [-0.4, -0.2) is 40.0 Å². The van der Waals surface area contributed by atoms with Crippen molar-refractivity contribution >= 4 is 90.2 Å². The highest BCUT2D eigenvalue weighted by Crippen LogP contribution is 2.34. The van der Waals surface area contributed by atoms with E-state index in [1.807, 2.05) is 15.9 Å². The van der Waals surface area contributed by atoms with Gasteiger partial charge in [0.25, 0.3) is 0 Å². The molecule has 6 nitrogen and oxygen atoms in total. The summed E-state index contributed by atoms with van der Waals surface area (Å²) >= 11 is 27.2. The zero-order valence-corrected chi connectivity index (χ0v) is 23.2. The van der Waals surface area contributed by atoms with Gasteiger partial charge < -0.3 is 9.47 Å². The Labute approximate surface area is 228 Å². The fourth-order valence-electron chi connectivity index (χ4n) is 1.57. The molecule has 2 aromatic rings. The normalized spacial score (nSPS) is 10.8. The molecule has 2 rings (SSSR count). The van der Waals surface area contributed by atoms with Gasteiger partial charge in [-0.1, -0.05) is 46.4 Å². The first kappa shape index (κ1) is 33.1. The van der Waals surface area contributed by atoms with Crippen molar-refractivity contribution in [3.05, 3.63) is 54.9 Å². The molecule has 2 aromatic heterocycles. The van der Waals surface area contributed by atoms with Crippen molar-refractivity contribution in [1.82, 2.24) is 9.97 Å². The van der Waals surface area contributed by atoms with Crippen LogP contribution in [0.25, 0.3) is 0 Å². The third-order valence-corrected chi connectivity index (χ3v) is 5.08. The van der Waals surface area contributed by atoms with Gasteiger partial charge in [-0.05, 0) is 41.9 Å². The average molecular weight is 700 g/mol. The number of esters is 2. The largest absolute Gasteiger partial charge is 0.461 e. The molecule has 34 heavy (non-hydrogen) atoms. The molecule has 0 bridgehead atoms. The molecule has 16 heteroatoms. The Bertz CT molecular complexity index is 985. The van der Waals surface area contributed by atoms with Gasteiger partial charge in [0.1, 0.15) is 10.3 Å². The zero-order valence-electron chi connectivity index (χ0n) is 17.0. The van der Waals surface area contributed by atoms with E-state index in [9.17, 15) is 27.2 Å². The average Bonchev–Trinajstić information content (AvgIpc) is 2.71. The van der Waals surface area contributed by atoms with Crippen molar-refractivity contribution in [2.75, 3.05) is 13.2 Å². The van der Waals surface area contributed by atoms with Crippen LogP contribution in [0.1, 0.15) is 19.5 Å². The van der Waals surface area contributed by atoms with Crippen molar-refractivity contribution in [1.29, 1.82) is 0 Å². The van der Waals surface area contributed by atoms with Crippen LogP contribution in [0.15, 0.2) is 29.1 Å². The van der Waals surface area contributed by atoms with Crippen LogP contribution in [-0.2, 0) is 25.0 Å². The summed E-state index contributed by atoms with van der Waals surface area (Å²) in [6.07, 6.45) is 2.51. The minimum atomic E-state index is -3.88. The van der Waals surface area contributed by atoms with Gasteiger partial charge in [0.15, 0.2) is 0 Å². The number of hydrogen-bond acceptors (Lipinski definition) is 6. The Morgan fingerprint density at radius 3 is 1.68 bits per heavy atom. The van der Waals surface area contributed by atoms with E-state index in [-0.39, 0.29) is 23.3 Å². The number of carbonyl (C=O) groups excluding carboxylic acids is 2. The van der Waals surface area contributed by atoms with Crippen LogP contribution in [0.2, 0.25) is 20.1 Å². The fraction of sp³-hybridized carbons (Fsp3) is 0.333. The molecule has 0 spiro atoms. The van der Waals surface area contributed by atoms with E-state index >= 15 is 0 Å². The Balaban J connectivity index is 0.000000518. The number of halogens is 10. The SMILES string of the molecule is CCOC(=O)C(F)(F)Br.CCOC(=O)C(F)(F)c1ncc(Cl)cc1Cl.Clc1cnc(Br)c(Cl)c1. The van der Waals surface area contributed by atoms with E-state index in [2.05, 4.69) is 35.4 Å². The second kappa shape index (κ2) is 15.2. The van der Waals surface area contributed by atoms with Crippen LogP contribution in [0, 0.1) is 0 Å². The Morgan fingerprint density at radius 2 is 1.32 bits per heavy atom. The monoisotopic (exact) mass is 696 g/mol. The molecule has 0 saturated carbocycles. The first-order valence-electron chi connectivity index (χ1n) is 8.64. The van der Waals surface area contributed by atoms with Gasteiger partial charge in [0.05, 0.1) is 33.3 Å². The van der Waals surface area contributed by atoms with Crippen LogP contribution in [0.3, 0.4) is 0 Å². The van der Waals surface area contributed by atoms with Crippen molar-refractivity contribution in [3.8, 4) is 0 Å². The van der Waals surface area contributed by atoms with Gasteiger partial charge in [0.2, 0.25) is 0 Å². The quantitative estimate of drug-likeness (QED) is 0.138. The summed E-state index contributed by atoms with van der Waals surface area (Å²) in [5.74, 6) is -7.12. The molecule has 0 radical (unpaired) electrons. The third-order valence-electron chi connectivity index (χ3n) is 2.91. The lowest BCUT2D eigenvalue weighted by molar-refractivity contribution is -0.173. The minimum Gasteiger partial charge on any atom is -0.461 e. The molecular weight excluding hydrogens is 686 g/mol. The Hall–Kier alpha value is -0.920. The molecule has 2 heterocycles. The van der Waals surface area contributed by atoms with Crippen molar-refractivity contribution < 1.29 is 36.6 Å². The number of alkyl halides is 5. The standard InChI is InChI=1S/C9H7Cl2F2NO2.C5H2BrCl2N.C4H5BrF2O2/c1-2-16-8(15)9(12,13)7-6(11)3-5(10)4-14-7;6-5-4(8)1-3(7)2-9-5;1-2-9-3(8)4(5,6)7/h3-4H,2H2,1H3;1-2H;2H2,1H3. The number of carbonyl (C=O) groups is 2. The highest BCUT2D eigenvalue weighted by Gasteiger charge is 2.46. The second-order valence-electron chi connectivity index (χ2n) is 5.42. The molecule has 0 atom stereocenters. The van der Waals surface area contributed by atoms with E-state index < -0.39 is 28.4 Å². The van der Waals surface area contributed by atoms with Gasteiger partial charge in [0, 0.05) is 28.3 Å². The lowest BCUT2D eigenvalue weighted by Crippen LogP contribution is -2.29. The van der Waals surface area contributed by atoms with Crippen LogP contribution in [0.5, 0.6) is 0 Å². The maximum absolute atomic E-state index is 13.5. The molecule has 0 aromatic carbocycles. The number of hydrogen-bond donors (Lipinski definition) is 0. The van der Waals surface area contributed by atoms with Crippen LogP contribution in [0.4, 0.5) is 17.6 Å². The van der Waals surface area contributed by atoms with Crippen molar-refractivity contribution in [2.24, 2.45) is 0 Å². The number of ether oxygens (including phenoxy) is 2. The van der Waals surface area contributed by atoms with Gasteiger partial charge >= 0.3 is 22.7 Å². The molecule has 0 saturated heterocycles. The summed E-state index contributed by atoms with van der Waals surface area (Å²) in [7, 11) is 0. The molecule has 0 aliphatic rings. The third kappa shape index (κ3) is 11.7. The van der Waals surface area contributed by atoms with Gasteiger partial charge in [-0.3, -0.25) is 4.98 Å². The minimum absolute atomic E-state index is 0.0416. The van der Waals surface area contributed by atoms with E-state index in [0.717, 1.165) is 12.3 Å². The number of pyridine rings is 2. The first-order chi connectivity index (χ1) is 15.6. The number of nitrogens with zero attached hydrogens (tertiary/aromatic N) is 2. The summed E-state index contributed by atoms with van der Waals surface area (Å²) in [5, 5.41) is 0.796. The number of rotatable bonds is 5. The van der Waals surface area contributed by atoms with E-state index in [0.29, 0.717) is 14.6 Å². The molecule has 0 fully saturated rings. The summed E-state index contributed by atoms with van der Waals surface area (Å²) < 4.78 is 59.2. The Morgan fingerprint density at radius 1 is 0.882 bits per heavy atom. The van der Waals surface area contributed by atoms with Gasteiger partial charge in [-0.25, -0.2) is 14.6 Å². The van der Waals surface area contributed by atoms with Gasteiger partial charge in [-0.2, -0.15) is 17.6 Å². The molecule has 0 aliphatic carbocycles. The molecule has 0 N–H and O–H groups in total. The topological polar surface area (TPSA) is 78.4 Å². The molecular formula is C18H14Br2Cl4F4N2O4. The predicted molar refractivity (Wildman–Crippen MR) is 127 cm³/mol. The Kier molecular flexibility index (Phi) is 14.8. The highest BCUT2D eigenvalue weighted by atomic mass is 79.9. The first-order valence-corrected chi connectivity index (χ1v) is 11.7. The highest BCUT2D eigenvalue weighted by molar-refractivity contribution is 9.10. The smallest absolute Gasteiger partial charge is 0.395 e. The van der Waals surface area contributed by atoms with E-state index in [4.69, 9.17) is 46.4 Å². The predicted octanol–water partition coefficient (Wildman–Crippen LogP) is 7.73. The molecule has 190 valence electrons. The van der Waals surface area contributed by atoms with Crippen molar-refractivity contribution in [3.63, 3.8) is 0 Å². The lowest BCUT2D eigenvalue weighted by atomic mass is 10.2. The van der Waals surface area contributed by atoms with E-state index in [1.54, 1.807) is 6.07 Å². The molecule has 0 amide bonds. The van der Waals surface area contributed by atoms with Crippen LogP contribution < -0.4 is 0 Å². The van der Waals surface area contributed by atoms with Crippen molar-refractivity contribution in [2.45, 2.75) is 24.6 Å². The molecule has 0 aliphatic heterocycles. The van der Waals surface area contributed by atoms with Crippen LogP contribution >= 0.6 is 78.3 Å². The number of aromatic nitrogens is 2. The van der Waals surface area contributed by atoms with Gasteiger partial charge in [-0.15, -0.1) is 0 Å². The maximum Gasteiger partial charge on any atom is 0.395 e. The summed E-state index contributed by atoms with van der Waals surface area (Å²) in [4.78, 5) is 24.7.